The molecule has 0 radical (unpaired) electrons. The SMILES string of the molecule is c1ccc(Oc2ccc(-c3nc(C4CCCNC4)n4ccncc34)cc2)cc1. The molecule has 0 saturated carbocycles. The van der Waals surface area contributed by atoms with Crippen LogP contribution in [0.15, 0.2) is 73.2 Å². The topological polar surface area (TPSA) is 51.5 Å². The van der Waals surface area contributed by atoms with Gasteiger partial charge in [0.1, 0.15) is 17.3 Å². The van der Waals surface area contributed by atoms with E-state index in [2.05, 4.69) is 26.8 Å². The molecule has 1 atom stereocenters. The molecule has 1 N–H and O–H groups in total. The highest BCUT2D eigenvalue weighted by molar-refractivity contribution is 5.77. The van der Waals surface area contributed by atoms with Crippen LogP contribution in [0, 0.1) is 0 Å². The second-order valence-corrected chi connectivity index (χ2v) is 7.13. The number of para-hydroxylation sites is 1. The van der Waals surface area contributed by atoms with Crippen molar-refractivity contribution in [2.75, 3.05) is 13.1 Å². The average molecular weight is 370 g/mol. The number of nitrogens with zero attached hydrogens (tertiary/aromatic N) is 3. The minimum atomic E-state index is 0.429. The molecule has 1 saturated heterocycles. The Labute approximate surface area is 164 Å². The molecule has 0 aliphatic carbocycles. The lowest BCUT2D eigenvalue weighted by molar-refractivity contribution is 0.445. The van der Waals surface area contributed by atoms with Crippen LogP contribution in [0.2, 0.25) is 0 Å². The van der Waals surface area contributed by atoms with E-state index in [0.29, 0.717) is 5.92 Å². The maximum atomic E-state index is 5.91. The van der Waals surface area contributed by atoms with Crippen LogP contribution in [0.4, 0.5) is 0 Å². The van der Waals surface area contributed by atoms with Gasteiger partial charge >= 0.3 is 0 Å². The summed E-state index contributed by atoms with van der Waals surface area (Å²) < 4.78 is 8.10. The van der Waals surface area contributed by atoms with Gasteiger partial charge in [-0.25, -0.2) is 4.98 Å². The first-order valence-electron chi connectivity index (χ1n) is 9.74. The Balaban J connectivity index is 1.49. The minimum Gasteiger partial charge on any atom is -0.457 e. The molecule has 140 valence electrons. The fourth-order valence-corrected chi connectivity index (χ4v) is 3.84. The van der Waals surface area contributed by atoms with Gasteiger partial charge in [0.05, 0.1) is 17.4 Å². The Bertz CT molecular complexity index is 1070. The molecule has 3 heterocycles. The molecule has 2 aromatic carbocycles. The van der Waals surface area contributed by atoms with Crippen LogP contribution in [0.3, 0.4) is 0 Å². The molecule has 5 nitrogen and oxygen atoms in total. The highest BCUT2D eigenvalue weighted by Gasteiger charge is 2.22. The first-order chi connectivity index (χ1) is 13.9. The molecule has 4 aromatic rings. The molecule has 0 spiro atoms. The number of hydrogen-bond acceptors (Lipinski definition) is 4. The van der Waals surface area contributed by atoms with E-state index in [0.717, 1.165) is 53.6 Å². The van der Waals surface area contributed by atoms with Gasteiger partial charge in [0.15, 0.2) is 0 Å². The lowest BCUT2D eigenvalue weighted by atomic mass is 9.99. The van der Waals surface area contributed by atoms with Gasteiger partial charge in [0.2, 0.25) is 0 Å². The lowest BCUT2D eigenvalue weighted by Gasteiger charge is -2.21. The van der Waals surface area contributed by atoms with Crippen molar-refractivity contribution in [3.8, 4) is 22.8 Å². The number of rotatable bonds is 4. The van der Waals surface area contributed by atoms with Gasteiger partial charge in [-0.3, -0.25) is 9.38 Å². The van der Waals surface area contributed by atoms with Crippen molar-refractivity contribution in [2.24, 2.45) is 0 Å². The molecule has 0 bridgehead atoms. The smallest absolute Gasteiger partial charge is 0.127 e. The van der Waals surface area contributed by atoms with Gasteiger partial charge in [-0.2, -0.15) is 0 Å². The molecule has 1 unspecified atom stereocenters. The molecule has 2 aromatic heterocycles. The monoisotopic (exact) mass is 370 g/mol. The molecular weight excluding hydrogens is 348 g/mol. The second-order valence-electron chi connectivity index (χ2n) is 7.13. The normalized spacial score (nSPS) is 16.9. The Hall–Kier alpha value is -3.18. The molecule has 1 aliphatic heterocycles. The van der Waals surface area contributed by atoms with E-state index in [9.17, 15) is 0 Å². The van der Waals surface area contributed by atoms with E-state index in [4.69, 9.17) is 9.72 Å². The van der Waals surface area contributed by atoms with E-state index < -0.39 is 0 Å². The number of aromatic nitrogens is 3. The first kappa shape index (κ1) is 17.0. The summed E-state index contributed by atoms with van der Waals surface area (Å²) >= 11 is 0. The van der Waals surface area contributed by atoms with Crippen molar-refractivity contribution >= 4 is 5.52 Å². The number of fused-ring (bicyclic) bond motifs is 1. The Morgan fingerprint density at radius 3 is 2.61 bits per heavy atom. The van der Waals surface area contributed by atoms with Gasteiger partial charge in [-0.05, 0) is 55.8 Å². The zero-order valence-electron chi connectivity index (χ0n) is 15.6. The van der Waals surface area contributed by atoms with Crippen molar-refractivity contribution in [3.63, 3.8) is 0 Å². The fraction of sp³-hybridized carbons (Fsp3) is 0.217. The van der Waals surface area contributed by atoms with E-state index in [1.807, 2.05) is 61.1 Å². The van der Waals surface area contributed by atoms with E-state index in [1.54, 1.807) is 0 Å². The molecule has 5 heteroatoms. The first-order valence-corrected chi connectivity index (χ1v) is 9.74. The number of piperidine rings is 1. The summed E-state index contributed by atoms with van der Waals surface area (Å²) in [5, 5.41) is 3.49. The largest absolute Gasteiger partial charge is 0.457 e. The summed E-state index contributed by atoms with van der Waals surface area (Å²) in [6.07, 6.45) is 8.09. The third-order valence-electron chi connectivity index (χ3n) is 5.24. The fourth-order valence-electron chi connectivity index (χ4n) is 3.84. The van der Waals surface area contributed by atoms with Crippen LogP contribution in [0.25, 0.3) is 16.8 Å². The Morgan fingerprint density at radius 1 is 1.00 bits per heavy atom. The van der Waals surface area contributed by atoms with E-state index in [1.165, 1.54) is 6.42 Å². The zero-order chi connectivity index (χ0) is 18.8. The van der Waals surface area contributed by atoms with Crippen LogP contribution in [0.1, 0.15) is 24.6 Å². The summed E-state index contributed by atoms with van der Waals surface area (Å²) in [5.41, 5.74) is 3.08. The van der Waals surface area contributed by atoms with Crippen molar-refractivity contribution < 1.29 is 4.74 Å². The predicted octanol–water partition coefficient (Wildman–Crippen LogP) is 4.66. The Morgan fingerprint density at radius 2 is 1.82 bits per heavy atom. The summed E-state index contributed by atoms with van der Waals surface area (Å²) in [5.74, 6) is 3.19. The highest BCUT2D eigenvalue weighted by Crippen LogP contribution is 2.31. The van der Waals surface area contributed by atoms with Crippen molar-refractivity contribution in [1.82, 2.24) is 19.7 Å². The zero-order valence-corrected chi connectivity index (χ0v) is 15.6. The van der Waals surface area contributed by atoms with Crippen LogP contribution in [-0.4, -0.2) is 27.5 Å². The van der Waals surface area contributed by atoms with Gasteiger partial charge in [0.25, 0.3) is 0 Å². The summed E-state index contributed by atoms with van der Waals surface area (Å²) in [4.78, 5) is 9.37. The van der Waals surface area contributed by atoms with Crippen LogP contribution in [-0.2, 0) is 0 Å². The summed E-state index contributed by atoms with van der Waals surface area (Å²) in [6, 6.07) is 17.9. The van der Waals surface area contributed by atoms with Gasteiger partial charge < -0.3 is 10.1 Å². The summed E-state index contributed by atoms with van der Waals surface area (Å²) in [6.45, 7) is 2.07. The van der Waals surface area contributed by atoms with Crippen molar-refractivity contribution in [1.29, 1.82) is 0 Å². The molecule has 28 heavy (non-hydrogen) atoms. The molecule has 5 rings (SSSR count). The maximum Gasteiger partial charge on any atom is 0.127 e. The Kier molecular flexibility index (Phi) is 4.51. The minimum absolute atomic E-state index is 0.429. The highest BCUT2D eigenvalue weighted by atomic mass is 16.5. The van der Waals surface area contributed by atoms with Crippen LogP contribution in [0.5, 0.6) is 11.5 Å². The number of benzene rings is 2. The molecule has 0 amide bonds. The van der Waals surface area contributed by atoms with E-state index >= 15 is 0 Å². The van der Waals surface area contributed by atoms with Crippen molar-refractivity contribution in [3.05, 3.63) is 79.0 Å². The third-order valence-corrected chi connectivity index (χ3v) is 5.24. The molecular formula is C23H22N4O. The predicted molar refractivity (Wildman–Crippen MR) is 110 cm³/mol. The molecule has 1 fully saturated rings. The van der Waals surface area contributed by atoms with Crippen molar-refractivity contribution in [2.45, 2.75) is 18.8 Å². The quantitative estimate of drug-likeness (QED) is 0.568. The second kappa shape index (κ2) is 7.44. The van der Waals surface area contributed by atoms with Crippen LogP contribution >= 0.6 is 0 Å². The molecule has 1 aliphatic rings. The van der Waals surface area contributed by atoms with Gasteiger partial charge in [-0.15, -0.1) is 0 Å². The van der Waals surface area contributed by atoms with Gasteiger partial charge in [0, 0.05) is 30.4 Å². The number of hydrogen-bond donors (Lipinski definition) is 1. The van der Waals surface area contributed by atoms with E-state index in [-0.39, 0.29) is 0 Å². The van der Waals surface area contributed by atoms with Gasteiger partial charge in [-0.1, -0.05) is 18.2 Å². The number of ether oxygens (including phenoxy) is 1. The average Bonchev–Trinajstić information content (AvgIpc) is 3.15. The standard InChI is InChI=1S/C23H22N4O/c1-2-6-19(7-3-1)28-20-10-8-17(9-11-20)22-21-16-25-13-14-27(21)23(26-22)18-5-4-12-24-15-18/h1-3,6-11,13-14,16,18,24H,4-5,12,15H2. The summed E-state index contributed by atoms with van der Waals surface area (Å²) in [7, 11) is 0. The van der Waals surface area contributed by atoms with Crippen LogP contribution < -0.4 is 10.1 Å². The third kappa shape index (κ3) is 3.25. The number of nitrogens with one attached hydrogen (secondary N) is 1. The lowest BCUT2D eigenvalue weighted by Crippen LogP contribution is -2.29. The number of imidazole rings is 1. The maximum absolute atomic E-state index is 5.91.